The second kappa shape index (κ2) is 9.20. The molecule has 3 rings (SSSR count). The summed E-state index contributed by atoms with van der Waals surface area (Å²) >= 11 is 0. The third-order valence-electron chi connectivity index (χ3n) is 5.39. The minimum atomic E-state index is -0.0946. The van der Waals surface area contributed by atoms with E-state index in [-0.39, 0.29) is 6.61 Å². The summed E-state index contributed by atoms with van der Waals surface area (Å²) in [6, 6.07) is 4.85. The number of aliphatic hydroxyl groups is 1. The van der Waals surface area contributed by atoms with Gasteiger partial charge in [-0.25, -0.2) is 0 Å². The van der Waals surface area contributed by atoms with Crippen LogP contribution in [0.2, 0.25) is 0 Å². The molecule has 1 aliphatic heterocycles. The van der Waals surface area contributed by atoms with E-state index in [0.29, 0.717) is 47.3 Å². The number of H-pyrrole nitrogens is 1. The van der Waals surface area contributed by atoms with Crippen LogP contribution in [0.5, 0.6) is 5.88 Å². The quantitative estimate of drug-likeness (QED) is 0.544. The number of hydrogen-bond acceptors (Lipinski definition) is 8. The van der Waals surface area contributed by atoms with Crippen LogP contribution in [0, 0.1) is 0 Å². The Kier molecular flexibility index (Phi) is 6.69. The summed E-state index contributed by atoms with van der Waals surface area (Å²) in [4.78, 5) is 11.4. The van der Waals surface area contributed by atoms with Crippen LogP contribution >= 0.6 is 0 Å². The lowest BCUT2D eigenvalue weighted by Crippen LogP contribution is -2.52. The fraction of sp³-hybridized carbons (Fsp3) is 0.632. The molecule has 9 heteroatoms. The zero-order chi connectivity index (χ0) is 20.1. The van der Waals surface area contributed by atoms with E-state index in [9.17, 15) is 5.11 Å². The molecule has 2 aromatic heterocycles. The van der Waals surface area contributed by atoms with Gasteiger partial charge in [0.1, 0.15) is 5.82 Å². The first-order chi connectivity index (χ1) is 13.6. The number of methoxy groups -OCH3 is 1. The molecule has 1 unspecified atom stereocenters. The van der Waals surface area contributed by atoms with Crippen LogP contribution in [0.4, 0.5) is 17.6 Å². The minimum absolute atomic E-state index is 0.0946. The number of ether oxygens (including phenoxy) is 1. The molecule has 0 amide bonds. The van der Waals surface area contributed by atoms with Crippen molar-refractivity contribution in [3.8, 4) is 5.88 Å². The Morgan fingerprint density at radius 1 is 1.18 bits per heavy atom. The summed E-state index contributed by atoms with van der Waals surface area (Å²) in [5.41, 5.74) is 0.631. The van der Waals surface area contributed by atoms with Crippen LogP contribution in [0.15, 0.2) is 12.1 Å². The molecular formula is C19H31N7O2. The second-order valence-electron chi connectivity index (χ2n) is 7.27. The summed E-state index contributed by atoms with van der Waals surface area (Å²) in [5, 5.41) is 22.9. The monoisotopic (exact) mass is 389 g/mol. The molecule has 4 N–H and O–H groups in total. The maximum absolute atomic E-state index is 9.19. The number of nitrogens with zero attached hydrogens (tertiary/aromatic N) is 4. The molecule has 0 spiro atoms. The molecule has 3 heterocycles. The smallest absolute Gasteiger partial charge is 0.230 e. The minimum Gasteiger partial charge on any atom is -0.481 e. The van der Waals surface area contributed by atoms with Gasteiger partial charge in [-0.2, -0.15) is 15.1 Å². The van der Waals surface area contributed by atoms with Crippen LogP contribution in [0.1, 0.15) is 45.2 Å². The van der Waals surface area contributed by atoms with E-state index in [0.717, 1.165) is 25.7 Å². The van der Waals surface area contributed by atoms with Crippen molar-refractivity contribution in [1.82, 2.24) is 25.5 Å². The topological polar surface area (TPSA) is 111 Å². The molecule has 28 heavy (non-hydrogen) atoms. The van der Waals surface area contributed by atoms with Gasteiger partial charge in [-0.1, -0.05) is 13.8 Å². The van der Waals surface area contributed by atoms with Crippen LogP contribution in [-0.2, 0) is 6.61 Å². The third kappa shape index (κ3) is 4.71. The van der Waals surface area contributed by atoms with Gasteiger partial charge in [-0.05, 0) is 25.7 Å². The Morgan fingerprint density at radius 3 is 2.46 bits per heavy atom. The van der Waals surface area contributed by atoms with Gasteiger partial charge in [0.25, 0.3) is 0 Å². The molecule has 0 aromatic carbocycles. The highest BCUT2D eigenvalue weighted by Crippen LogP contribution is 2.27. The molecule has 154 valence electrons. The van der Waals surface area contributed by atoms with Crippen LogP contribution in [-0.4, -0.2) is 57.6 Å². The number of nitrogens with one attached hydrogen (secondary N) is 3. The first kappa shape index (κ1) is 20.3. The highest BCUT2D eigenvalue weighted by Gasteiger charge is 2.30. The number of aromatic amines is 1. The number of rotatable bonds is 8. The van der Waals surface area contributed by atoms with E-state index >= 15 is 0 Å². The Morgan fingerprint density at radius 2 is 1.89 bits per heavy atom. The number of aliphatic hydroxyl groups excluding tert-OH is 1. The Bertz CT molecular complexity index is 754. The molecular weight excluding hydrogens is 358 g/mol. The largest absolute Gasteiger partial charge is 0.481 e. The molecule has 1 fully saturated rings. The van der Waals surface area contributed by atoms with Crippen LogP contribution in [0.25, 0.3) is 0 Å². The Balaban J connectivity index is 1.81. The SMILES string of the molecule is CC[C@@H]1CC(N(C)c2nc(Nc3cc(CO)[nH]n3)cc(OC)n2)C[C@H](CC)N1. The van der Waals surface area contributed by atoms with Crippen molar-refractivity contribution in [1.29, 1.82) is 0 Å². The first-order valence-electron chi connectivity index (χ1n) is 9.90. The van der Waals surface area contributed by atoms with Crippen molar-refractivity contribution in [2.75, 3.05) is 24.4 Å². The van der Waals surface area contributed by atoms with Crippen LogP contribution in [0.3, 0.4) is 0 Å². The summed E-state index contributed by atoms with van der Waals surface area (Å²) in [6.45, 7) is 4.35. The van der Waals surface area contributed by atoms with Crippen LogP contribution < -0.4 is 20.3 Å². The number of hydrogen-bond donors (Lipinski definition) is 4. The molecule has 0 radical (unpaired) electrons. The number of aromatic nitrogens is 4. The van der Waals surface area contributed by atoms with Crippen molar-refractivity contribution in [2.24, 2.45) is 0 Å². The van der Waals surface area contributed by atoms with Gasteiger partial charge in [0, 0.05) is 37.3 Å². The molecule has 9 nitrogen and oxygen atoms in total. The van der Waals surface area contributed by atoms with Crippen molar-refractivity contribution in [3.63, 3.8) is 0 Å². The predicted octanol–water partition coefficient (Wildman–Crippen LogP) is 2.19. The average molecular weight is 390 g/mol. The van der Waals surface area contributed by atoms with E-state index in [1.165, 1.54) is 0 Å². The molecule has 1 saturated heterocycles. The number of anilines is 3. The standard InChI is InChI=1S/C19H31N7O2/c1-5-12-7-15(8-13(6-2)20-12)26(3)19-22-16(10-18(23-19)28-4)21-17-9-14(11-27)24-25-17/h9-10,12-13,15,20,27H,5-8,11H2,1-4H3,(H2,21,22,23,24,25)/t12-,13+,15?. The zero-order valence-electron chi connectivity index (χ0n) is 17.1. The van der Waals surface area contributed by atoms with E-state index in [1.54, 1.807) is 19.2 Å². The fourth-order valence-electron chi connectivity index (χ4n) is 3.65. The fourth-order valence-corrected chi connectivity index (χ4v) is 3.65. The Labute approximate surface area is 165 Å². The summed E-state index contributed by atoms with van der Waals surface area (Å²) < 4.78 is 5.38. The van der Waals surface area contributed by atoms with Gasteiger partial charge in [-0.15, -0.1) is 0 Å². The summed E-state index contributed by atoms with van der Waals surface area (Å²) in [7, 11) is 3.64. The molecule has 1 aliphatic rings. The number of piperidine rings is 1. The molecule has 2 aromatic rings. The lowest BCUT2D eigenvalue weighted by molar-refractivity contribution is 0.273. The van der Waals surface area contributed by atoms with Gasteiger partial charge in [0.2, 0.25) is 11.8 Å². The van der Waals surface area contributed by atoms with Gasteiger partial charge in [0.05, 0.1) is 19.4 Å². The van der Waals surface area contributed by atoms with Gasteiger partial charge < -0.3 is 25.4 Å². The van der Waals surface area contributed by atoms with Crippen molar-refractivity contribution < 1.29 is 9.84 Å². The second-order valence-corrected chi connectivity index (χ2v) is 7.27. The summed E-state index contributed by atoms with van der Waals surface area (Å²) in [6.07, 6.45) is 4.34. The highest BCUT2D eigenvalue weighted by molar-refractivity contribution is 5.55. The van der Waals surface area contributed by atoms with Crippen molar-refractivity contribution in [3.05, 3.63) is 17.8 Å². The third-order valence-corrected chi connectivity index (χ3v) is 5.39. The van der Waals surface area contributed by atoms with Gasteiger partial charge in [-0.3, -0.25) is 5.10 Å². The molecule has 3 atom stereocenters. The van der Waals surface area contributed by atoms with E-state index < -0.39 is 0 Å². The Hall–Kier alpha value is -2.39. The zero-order valence-corrected chi connectivity index (χ0v) is 17.1. The predicted molar refractivity (Wildman–Crippen MR) is 109 cm³/mol. The molecule has 0 bridgehead atoms. The highest BCUT2D eigenvalue weighted by atomic mass is 16.5. The van der Waals surface area contributed by atoms with Crippen molar-refractivity contribution >= 4 is 17.6 Å². The van der Waals surface area contributed by atoms with E-state index in [2.05, 4.69) is 49.5 Å². The lowest BCUT2D eigenvalue weighted by Gasteiger charge is -2.40. The normalized spacial score (nSPS) is 22.1. The summed E-state index contributed by atoms with van der Waals surface area (Å²) in [5.74, 6) is 2.29. The van der Waals surface area contributed by atoms with Gasteiger partial charge >= 0.3 is 0 Å². The maximum atomic E-state index is 9.19. The van der Waals surface area contributed by atoms with E-state index in [4.69, 9.17) is 4.74 Å². The van der Waals surface area contributed by atoms with E-state index in [1.807, 2.05) is 7.05 Å². The van der Waals surface area contributed by atoms with Crippen molar-refractivity contribution in [2.45, 2.75) is 64.3 Å². The van der Waals surface area contributed by atoms with Gasteiger partial charge in [0.15, 0.2) is 5.82 Å². The first-order valence-corrected chi connectivity index (χ1v) is 9.90. The molecule has 0 saturated carbocycles. The maximum Gasteiger partial charge on any atom is 0.230 e. The average Bonchev–Trinajstić information content (AvgIpc) is 3.19. The molecule has 0 aliphatic carbocycles. The lowest BCUT2D eigenvalue weighted by atomic mass is 9.90.